The number of aromatic nitrogens is 1. The average molecular weight is 471 g/mol. The van der Waals surface area contributed by atoms with E-state index in [0.29, 0.717) is 10.6 Å². The summed E-state index contributed by atoms with van der Waals surface area (Å²) in [7, 11) is 3.63. The number of methoxy groups -OCH3 is 1. The average Bonchev–Trinajstić information content (AvgIpc) is 3.12. The van der Waals surface area contributed by atoms with Crippen molar-refractivity contribution in [2.75, 3.05) is 45.2 Å². The smallest absolute Gasteiger partial charge is 0.416 e. The highest BCUT2D eigenvalue weighted by Gasteiger charge is 2.31. The molecule has 172 valence electrons. The number of rotatable bonds is 5. The number of piperazine rings is 1. The molecule has 3 aromatic rings. The molecule has 0 atom stereocenters. The SMILES string of the molecule is COc1ccc(Sn2cc(C(F)F)c3ccc(C(F)(F)F)cc32)cc1N1CCN(C)CC1. The number of nitrogens with zero attached hydrogens (tertiary/aromatic N) is 3. The maximum absolute atomic E-state index is 13.5. The molecule has 1 aliphatic heterocycles. The van der Waals surface area contributed by atoms with E-state index in [4.69, 9.17) is 4.74 Å². The van der Waals surface area contributed by atoms with Gasteiger partial charge in [-0.15, -0.1) is 0 Å². The van der Waals surface area contributed by atoms with Crippen LogP contribution in [0.1, 0.15) is 17.6 Å². The van der Waals surface area contributed by atoms with Crippen molar-refractivity contribution in [3.8, 4) is 5.75 Å². The Labute approximate surface area is 186 Å². The molecule has 2 aromatic carbocycles. The van der Waals surface area contributed by atoms with E-state index in [1.54, 1.807) is 19.2 Å². The Morgan fingerprint density at radius 2 is 1.72 bits per heavy atom. The molecule has 1 aromatic heterocycles. The molecule has 4 nitrogen and oxygen atoms in total. The van der Waals surface area contributed by atoms with Crippen LogP contribution in [0.4, 0.5) is 27.6 Å². The monoisotopic (exact) mass is 471 g/mol. The number of likely N-dealkylation sites (N-methyl/N-ethyl adjacent to an activating group) is 1. The lowest BCUT2D eigenvalue weighted by molar-refractivity contribution is -0.137. The van der Waals surface area contributed by atoms with Crippen LogP contribution in [0.15, 0.2) is 47.5 Å². The zero-order valence-corrected chi connectivity index (χ0v) is 18.3. The van der Waals surface area contributed by atoms with Gasteiger partial charge in [0.1, 0.15) is 5.75 Å². The fraction of sp³-hybridized carbons (Fsp3) is 0.364. The van der Waals surface area contributed by atoms with Crippen LogP contribution in [-0.4, -0.2) is 49.2 Å². The molecular formula is C22H22F5N3OS. The van der Waals surface area contributed by atoms with Crippen LogP contribution in [0, 0.1) is 0 Å². The fourth-order valence-electron chi connectivity index (χ4n) is 3.78. The highest BCUT2D eigenvalue weighted by Crippen LogP contribution is 2.40. The topological polar surface area (TPSA) is 20.6 Å². The number of anilines is 1. The van der Waals surface area contributed by atoms with Crippen molar-refractivity contribution in [2.24, 2.45) is 0 Å². The van der Waals surface area contributed by atoms with Crippen molar-refractivity contribution in [1.29, 1.82) is 0 Å². The minimum atomic E-state index is -4.56. The standard InChI is InChI=1S/C22H22F5N3OS/c1-28-7-9-29(10-8-28)19-12-15(4-6-20(19)31-2)32-30-13-17(21(23)24)16-5-3-14(11-18(16)30)22(25,26)27/h3-6,11-13,21H,7-10H2,1-2H3. The van der Waals surface area contributed by atoms with Crippen molar-refractivity contribution in [3.05, 3.63) is 53.7 Å². The lowest BCUT2D eigenvalue weighted by Crippen LogP contribution is -2.44. The second-order valence-corrected chi connectivity index (χ2v) is 8.70. The number of hydrogen-bond acceptors (Lipinski definition) is 4. The zero-order valence-electron chi connectivity index (χ0n) is 17.5. The van der Waals surface area contributed by atoms with E-state index >= 15 is 0 Å². The first-order valence-corrected chi connectivity index (χ1v) is 10.7. The highest BCUT2D eigenvalue weighted by molar-refractivity contribution is 7.98. The normalized spacial score (nSPS) is 15.7. The van der Waals surface area contributed by atoms with Crippen LogP contribution in [0.2, 0.25) is 0 Å². The number of fused-ring (bicyclic) bond motifs is 1. The first-order chi connectivity index (χ1) is 15.2. The van der Waals surface area contributed by atoms with Gasteiger partial charge in [-0.05, 0) is 49.3 Å². The first kappa shape index (κ1) is 22.7. The Morgan fingerprint density at radius 3 is 2.34 bits per heavy atom. The highest BCUT2D eigenvalue weighted by atomic mass is 32.2. The molecule has 0 aliphatic carbocycles. The van der Waals surface area contributed by atoms with Gasteiger partial charge in [0, 0.05) is 48.2 Å². The number of benzene rings is 2. The third-order valence-corrected chi connectivity index (χ3v) is 6.53. The fourth-order valence-corrected chi connectivity index (χ4v) is 4.72. The van der Waals surface area contributed by atoms with Gasteiger partial charge in [0.15, 0.2) is 0 Å². The molecular weight excluding hydrogens is 449 g/mol. The lowest BCUT2D eigenvalue weighted by Gasteiger charge is -2.34. The molecule has 1 saturated heterocycles. The Kier molecular flexibility index (Phi) is 6.26. The van der Waals surface area contributed by atoms with Crippen molar-refractivity contribution >= 4 is 28.5 Å². The molecule has 0 saturated carbocycles. The van der Waals surface area contributed by atoms with Gasteiger partial charge in [0.25, 0.3) is 6.43 Å². The molecule has 10 heteroatoms. The second-order valence-electron chi connectivity index (χ2n) is 7.66. The molecule has 0 unspecified atom stereocenters. The van der Waals surface area contributed by atoms with Crippen LogP contribution in [0.5, 0.6) is 5.75 Å². The summed E-state index contributed by atoms with van der Waals surface area (Å²) in [4.78, 5) is 5.11. The molecule has 1 aliphatic rings. The van der Waals surface area contributed by atoms with Crippen LogP contribution < -0.4 is 9.64 Å². The van der Waals surface area contributed by atoms with Crippen LogP contribution in [0.3, 0.4) is 0 Å². The third-order valence-electron chi connectivity index (χ3n) is 5.56. The zero-order chi connectivity index (χ0) is 23.0. The van der Waals surface area contributed by atoms with E-state index in [9.17, 15) is 22.0 Å². The lowest BCUT2D eigenvalue weighted by atomic mass is 10.1. The van der Waals surface area contributed by atoms with Crippen molar-refractivity contribution < 1.29 is 26.7 Å². The van der Waals surface area contributed by atoms with E-state index < -0.39 is 18.2 Å². The number of halogens is 5. The molecule has 0 spiro atoms. The quantitative estimate of drug-likeness (QED) is 0.431. The Bertz CT molecular complexity index is 1110. The van der Waals surface area contributed by atoms with E-state index in [-0.39, 0.29) is 16.5 Å². The van der Waals surface area contributed by atoms with Crippen molar-refractivity contribution in [3.63, 3.8) is 0 Å². The van der Waals surface area contributed by atoms with Gasteiger partial charge in [-0.2, -0.15) is 13.2 Å². The van der Waals surface area contributed by atoms with Crippen LogP contribution >= 0.6 is 11.9 Å². The summed E-state index contributed by atoms with van der Waals surface area (Å²) in [5, 5.41) is 0.105. The van der Waals surface area contributed by atoms with Gasteiger partial charge in [0.2, 0.25) is 0 Å². The third kappa shape index (κ3) is 4.52. The van der Waals surface area contributed by atoms with E-state index in [0.717, 1.165) is 62.0 Å². The van der Waals surface area contributed by atoms with E-state index in [1.165, 1.54) is 10.2 Å². The first-order valence-electron chi connectivity index (χ1n) is 9.97. The summed E-state index contributed by atoms with van der Waals surface area (Å²) in [6, 6.07) is 8.30. The molecule has 32 heavy (non-hydrogen) atoms. The van der Waals surface area contributed by atoms with Crippen LogP contribution in [-0.2, 0) is 6.18 Å². The molecule has 0 amide bonds. The molecule has 0 bridgehead atoms. The predicted molar refractivity (Wildman–Crippen MR) is 116 cm³/mol. The molecule has 0 N–H and O–H groups in total. The number of alkyl halides is 5. The van der Waals surface area contributed by atoms with Crippen molar-refractivity contribution in [1.82, 2.24) is 8.87 Å². The van der Waals surface area contributed by atoms with Gasteiger partial charge in [-0.25, -0.2) is 8.78 Å². The summed E-state index contributed by atoms with van der Waals surface area (Å²) in [5.41, 5.74) is -0.211. The van der Waals surface area contributed by atoms with E-state index in [1.807, 2.05) is 13.1 Å². The molecule has 4 rings (SSSR count). The molecule has 1 fully saturated rings. The summed E-state index contributed by atoms with van der Waals surface area (Å²) < 4.78 is 73.6. The Hall–Kier alpha value is -2.46. The van der Waals surface area contributed by atoms with E-state index in [2.05, 4.69) is 9.80 Å². The van der Waals surface area contributed by atoms with Gasteiger partial charge in [-0.3, -0.25) is 3.97 Å². The summed E-state index contributed by atoms with van der Waals surface area (Å²) in [5.74, 6) is 0.684. The van der Waals surface area contributed by atoms with Gasteiger partial charge < -0.3 is 14.5 Å². The Morgan fingerprint density at radius 1 is 1.00 bits per heavy atom. The maximum atomic E-state index is 13.5. The maximum Gasteiger partial charge on any atom is 0.416 e. The minimum Gasteiger partial charge on any atom is -0.495 e. The van der Waals surface area contributed by atoms with Crippen molar-refractivity contribution in [2.45, 2.75) is 17.5 Å². The van der Waals surface area contributed by atoms with Gasteiger partial charge >= 0.3 is 6.18 Å². The summed E-state index contributed by atoms with van der Waals surface area (Å²) in [6.45, 7) is 3.39. The Balaban J connectivity index is 1.73. The summed E-state index contributed by atoms with van der Waals surface area (Å²) >= 11 is 1.10. The van der Waals surface area contributed by atoms with Gasteiger partial charge in [-0.1, -0.05) is 6.07 Å². The summed E-state index contributed by atoms with van der Waals surface area (Å²) in [6.07, 6.45) is -6.15. The molecule has 2 heterocycles. The predicted octanol–water partition coefficient (Wildman–Crippen LogP) is 5.91. The van der Waals surface area contributed by atoms with Gasteiger partial charge in [0.05, 0.1) is 23.9 Å². The molecule has 0 radical (unpaired) electrons. The number of ether oxygens (including phenoxy) is 1. The largest absolute Gasteiger partial charge is 0.495 e. The minimum absolute atomic E-state index is 0.0945. The number of hydrogen-bond donors (Lipinski definition) is 0. The van der Waals surface area contributed by atoms with Crippen LogP contribution in [0.25, 0.3) is 10.9 Å². The second kappa shape index (κ2) is 8.82.